The summed E-state index contributed by atoms with van der Waals surface area (Å²) in [6.07, 6.45) is 4.26. The van der Waals surface area contributed by atoms with Gasteiger partial charge in [0.2, 0.25) is 10.0 Å². The lowest BCUT2D eigenvalue weighted by Crippen LogP contribution is -2.48. The second-order valence-electron chi connectivity index (χ2n) is 7.52. The summed E-state index contributed by atoms with van der Waals surface area (Å²) in [6, 6.07) is 16.6. The van der Waals surface area contributed by atoms with Crippen molar-refractivity contribution < 1.29 is 13.2 Å². The van der Waals surface area contributed by atoms with Gasteiger partial charge in [0.05, 0.1) is 4.90 Å². The molecule has 0 spiro atoms. The number of hydrogen-bond donors (Lipinski definition) is 0. The molecule has 0 radical (unpaired) electrons. The van der Waals surface area contributed by atoms with Crippen molar-refractivity contribution in [2.24, 2.45) is 0 Å². The molecule has 3 rings (SSSR count). The maximum Gasteiger partial charge on any atom is 0.253 e. The van der Waals surface area contributed by atoms with Gasteiger partial charge >= 0.3 is 0 Å². The Morgan fingerprint density at radius 1 is 0.968 bits per heavy atom. The number of rotatable bonds is 8. The van der Waals surface area contributed by atoms with E-state index in [1.54, 1.807) is 23.1 Å². The number of carbonyl (C=O) groups excluding carboxylic acids is 1. The maximum atomic E-state index is 13.0. The topological polar surface area (TPSA) is 60.9 Å². The molecule has 0 saturated carbocycles. The zero-order valence-corrected chi connectivity index (χ0v) is 19.1. The summed E-state index contributed by atoms with van der Waals surface area (Å²) in [7, 11) is -3.58. The molecule has 1 saturated heterocycles. The highest BCUT2D eigenvalue weighted by atomic mass is 32.2. The lowest BCUT2D eigenvalue weighted by atomic mass is 10.1. The molecule has 1 fully saturated rings. The predicted molar refractivity (Wildman–Crippen MR) is 124 cm³/mol. The Morgan fingerprint density at radius 3 is 2.29 bits per heavy atom. The third kappa shape index (κ3) is 5.81. The normalized spacial score (nSPS) is 15.6. The molecule has 1 amide bonds. The largest absolute Gasteiger partial charge is 0.336 e. The number of nitrogens with zero attached hydrogens (tertiary/aromatic N) is 3. The lowest BCUT2D eigenvalue weighted by Gasteiger charge is -2.34. The van der Waals surface area contributed by atoms with Crippen molar-refractivity contribution in [3.63, 3.8) is 0 Å². The first-order valence-corrected chi connectivity index (χ1v) is 12.2. The molecule has 0 unspecified atom stereocenters. The van der Waals surface area contributed by atoms with Crippen LogP contribution in [0.15, 0.2) is 65.6 Å². The average molecular weight is 442 g/mol. The van der Waals surface area contributed by atoms with E-state index in [4.69, 9.17) is 0 Å². The van der Waals surface area contributed by atoms with Crippen LogP contribution in [0.1, 0.15) is 29.8 Å². The van der Waals surface area contributed by atoms with Crippen LogP contribution in [-0.2, 0) is 10.0 Å². The molecule has 0 N–H and O–H groups in total. The predicted octanol–water partition coefficient (Wildman–Crippen LogP) is 3.19. The van der Waals surface area contributed by atoms with Crippen LogP contribution in [0.25, 0.3) is 6.08 Å². The highest BCUT2D eigenvalue weighted by Crippen LogP contribution is 2.18. The fraction of sp³-hybridized carbons (Fsp3) is 0.375. The fourth-order valence-corrected chi connectivity index (χ4v) is 5.22. The van der Waals surface area contributed by atoms with Gasteiger partial charge in [0, 0.05) is 51.4 Å². The third-order valence-corrected chi connectivity index (χ3v) is 7.60. The van der Waals surface area contributed by atoms with Crippen LogP contribution in [0, 0.1) is 0 Å². The minimum Gasteiger partial charge on any atom is -0.336 e. The SMILES string of the molecule is CCN(CC)S(=O)(=O)c1cccc(C(=O)N2CCN(C/C=C/c3ccccc3)CC2)c1. The fourth-order valence-electron chi connectivity index (χ4n) is 3.72. The summed E-state index contributed by atoms with van der Waals surface area (Å²) in [6.45, 7) is 8.11. The smallest absolute Gasteiger partial charge is 0.253 e. The molecule has 31 heavy (non-hydrogen) atoms. The van der Waals surface area contributed by atoms with Gasteiger partial charge in [-0.25, -0.2) is 8.42 Å². The van der Waals surface area contributed by atoms with Gasteiger partial charge in [-0.3, -0.25) is 9.69 Å². The van der Waals surface area contributed by atoms with Crippen molar-refractivity contribution in [1.82, 2.24) is 14.1 Å². The first-order chi connectivity index (χ1) is 15.0. The number of sulfonamides is 1. The van der Waals surface area contributed by atoms with Crippen LogP contribution in [0.5, 0.6) is 0 Å². The molecule has 1 aliphatic heterocycles. The highest BCUT2D eigenvalue weighted by molar-refractivity contribution is 7.89. The number of carbonyl (C=O) groups is 1. The van der Waals surface area contributed by atoms with Gasteiger partial charge < -0.3 is 4.90 Å². The summed E-state index contributed by atoms with van der Waals surface area (Å²) in [4.78, 5) is 17.3. The van der Waals surface area contributed by atoms with Crippen molar-refractivity contribution in [2.75, 3.05) is 45.8 Å². The molecule has 0 aliphatic carbocycles. The second-order valence-corrected chi connectivity index (χ2v) is 9.46. The molecular weight excluding hydrogens is 410 g/mol. The van der Waals surface area contributed by atoms with Gasteiger partial charge in [-0.05, 0) is 23.8 Å². The van der Waals surface area contributed by atoms with E-state index in [2.05, 4.69) is 29.2 Å². The number of piperazine rings is 1. The quantitative estimate of drug-likeness (QED) is 0.631. The molecule has 0 aromatic heterocycles. The summed E-state index contributed by atoms with van der Waals surface area (Å²) in [5.41, 5.74) is 1.60. The molecule has 2 aromatic carbocycles. The van der Waals surface area contributed by atoms with Crippen molar-refractivity contribution in [3.05, 3.63) is 71.8 Å². The first kappa shape index (κ1) is 23.2. The lowest BCUT2D eigenvalue weighted by molar-refractivity contribution is 0.0650. The first-order valence-electron chi connectivity index (χ1n) is 10.8. The van der Waals surface area contributed by atoms with Crippen LogP contribution < -0.4 is 0 Å². The van der Waals surface area contributed by atoms with Crippen LogP contribution >= 0.6 is 0 Å². The zero-order valence-electron chi connectivity index (χ0n) is 18.3. The van der Waals surface area contributed by atoms with E-state index in [-0.39, 0.29) is 10.8 Å². The van der Waals surface area contributed by atoms with Crippen molar-refractivity contribution in [1.29, 1.82) is 0 Å². The Balaban J connectivity index is 1.59. The van der Waals surface area contributed by atoms with Crippen molar-refractivity contribution in [3.8, 4) is 0 Å². The van der Waals surface area contributed by atoms with E-state index in [9.17, 15) is 13.2 Å². The molecule has 1 heterocycles. The molecule has 0 atom stereocenters. The van der Waals surface area contributed by atoms with Crippen LogP contribution in [0.4, 0.5) is 0 Å². The van der Waals surface area contributed by atoms with E-state index in [0.717, 1.165) is 19.6 Å². The van der Waals surface area contributed by atoms with Gasteiger partial charge in [-0.1, -0.05) is 62.4 Å². The van der Waals surface area contributed by atoms with Crippen LogP contribution in [0.2, 0.25) is 0 Å². The van der Waals surface area contributed by atoms with Crippen LogP contribution in [0.3, 0.4) is 0 Å². The number of hydrogen-bond acceptors (Lipinski definition) is 4. The van der Waals surface area contributed by atoms with E-state index < -0.39 is 10.0 Å². The summed E-state index contributed by atoms with van der Waals surface area (Å²) in [5, 5.41) is 0. The number of amides is 1. The van der Waals surface area contributed by atoms with E-state index in [0.29, 0.717) is 31.7 Å². The molecular formula is C24H31N3O3S. The second kappa shape index (κ2) is 10.7. The third-order valence-electron chi connectivity index (χ3n) is 5.56. The van der Waals surface area contributed by atoms with Gasteiger partial charge in [-0.2, -0.15) is 4.31 Å². The molecule has 1 aliphatic rings. The summed E-state index contributed by atoms with van der Waals surface area (Å²) < 4.78 is 27.0. The Morgan fingerprint density at radius 2 is 1.65 bits per heavy atom. The Bertz CT molecular complexity index is 994. The standard InChI is InChI=1S/C24H31N3O3S/c1-3-27(4-2)31(29,30)23-14-8-13-22(20-23)24(28)26-18-16-25(17-19-26)15-9-12-21-10-6-5-7-11-21/h5-14,20H,3-4,15-19H2,1-2H3/b12-9+. The molecule has 166 valence electrons. The Hall–Kier alpha value is -2.48. The van der Waals surface area contributed by atoms with Crippen LogP contribution in [-0.4, -0.2) is 74.2 Å². The monoisotopic (exact) mass is 441 g/mol. The molecule has 7 heteroatoms. The van der Waals surface area contributed by atoms with Crippen molar-refractivity contribution >= 4 is 22.0 Å². The van der Waals surface area contributed by atoms with Gasteiger partial charge in [-0.15, -0.1) is 0 Å². The summed E-state index contributed by atoms with van der Waals surface area (Å²) >= 11 is 0. The van der Waals surface area contributed by atoms with E-state index >= 15 is 0 Å². The van der Waals surface area contributed by atoms with Gasteiger partial charge in [0.25, 0.3) is 5.91 Å². The van der Waals surface area contributed by atoms with Gasteiger partial charge in [0.15, 0.2) is 0 Å². The minimum absolute atomic E-state index is 0.115. The van der Waals surface area contributed by atoms with E-state index in [1.165, 1.54) is 15.9 Å². The Kier molecular flexibility index (Phi) is 8.01. The average Bonchev–Trinajstić information content (AvgIpc) is 2.80. The van der Waals surface area contributed by atoms with Gasteiger partial charge in [0.1, 0.15) is 0 Å². The Labute approximate surface area is 185 Å². The maximum absolute atomic E-state index is 13.0. The minimum atomic E-state index is -3.58. The summed E-state index contributed by atoms with van der Waals surface area (Å²) in [5.74, 6) is -0.115. The molecule has 2 aromatic rings. The molecule has 6 nitrogen and oxygen atoms in total. The molecule has 0 bridgehead atoms. The highest BCUT2D eigenvalue weighted by Gasteiger charge is 2.25. The van der Waals surface area contributed by atoms with E-state index in [1.807, 2.05) is 32.0 Å². The number of benzene rings is 2. The van der Waals surface area contributed by atoms with Crippen molar-refractivity contribution in [2.45, 2.75) is 18.7 Å². The zero-order chi connectivity index (χ0) is 22.3.